The second-order valence-corrected chi connectivity index (χ2v) is 11.1. The Labute approximate surface area is 213 Å². The van der Waals surface area contributed by atoms with Crippen LogP contribution < -0.4 is 14.8 Å². The highest BCUT2D eigenvalue weighted by Gasteiger charge is 2.37. The van der Waals surface area contributed by atoms with Crippen LogP contribution in [-0.2, 0) is 16.8 Å². The van der Waals surface area contributed by atoms with Gasteiger partial charge in [-0.15, -0.1) is 0 Å². The topological polar surface area (TPSA) is 71.1 Å². The zero-order valence-electron chi connectivity index (χ0n) is 21.9. The number of rotatable bonds is 5. The number of fused-ring (bicyclic) bond motifs is 2. The average Bonchev–Trinajstić information content (AvgIpc) is 3.32. The van der Waals surface area contributed by atoms with Gasteiger partial charge in [-0.1, -0.05) is 26.0 Å². The molecule has 1 unspecified atom stereocenters. The van der Waals surface area contributed by atoms with Crippen LogP contribution in [0.5, 0.6) is 11.5 Å². The van der Waals surface area contributed by atoms with E-state index in [1.807, 2.05) is 0 Å². The summed E-state index contributed by atoms with van der Waals surface area (Å²) in [6.45, 7) is 13.4. The molecule has 3 heterocycles. The summed E-state index contributed by atoms with van der Waals surface area (Å²) >= 11 is 0. The fourth-order valence-electron chi connectivity index (χ4n) is 5.80. The summed E-state index contributed by atoms with van der Waals surface area (Å²) in [5, 5.41) is 3.00. The van der Waals surface area contributed by atoms with Gasteiger partial charge in [0.2, 0.25) is 12.7 Å². The largest absolute Gasteiger partial charge is 0.454 e. The fraction of sp³-hybridized carbons (Fsp3) is 0.517. The molecule has 5 rings (SSSR count). The van der Waals surface area contributed by atoms with E-state index in [1.54, 1.807) is 18.2 Å². The summed E-state index contributed by atoms with van der Waals surface area (Å²) in [6, 6.07) is 9.81. The summed E-state index contributed by atoms with van der Waals surface area (Å²) in [6.07, 6.45) is 1.92. The van der Waals surface area contributed by atoms with Crippen molar-refractivity contribution in [1.29, 1.82) is 0 Å². The van der Waals surface area contributed by atoms with Gasteiger partial charge >= 0.3 is 0 Å². The fourth-order valence-corrected chi connectivity index (χ4v) is 5.80. The minimum atomic E-state index is -0.127. The molecule has 1 atom stereocenters. The van der Waals surface area contributed by atoms with E-state index in [0.717, 1.165) is 39.0 Å². The van der Waals surface area contributed by atoms with Gasteiger partial charge in [0, 0.05) is 43.7 Å². The number of amides is 2. The molecule has 3 aliphatic rings. The summed E-state index contributed by atoms with van der Waals surface area (Å²) < 4.78 is 10.7. The molecular weight excluding hydrogens is 454 g/mol. The first kappa shape index (κ1) is 24.6. The number of carbonyl (C=O) groups is 2. The van der Waals surface area contributed by atoms with Gasteiger partial charge < -0.3 is 24.6 Å². The number of ether oxygens (including phenoxy) is 2. The molecule has 0 aliphatic carbocycles. The molecule has 192 valence electrons. The molecule has 2 amide bonds. The van der Waals surface area contributed by atoms with E-state index in [4.69, 9.17) is 9.47 Å². The molecule has 2 aromatic rings. The quantitative estimate of drug-likeness (QED) is 0.689. The molecule has 36 heavy (non-hydrogen) atoms. The maximum absolute atomic E-state index is 13.6. The van der Waals surface area contributed by atoms with Crippen molar-refractivity contribution in [1.82, 2.24) is 15.1 Å². The zero-order chi connectivity index (χ0) is 25.4. The van der Waals surface area contributed by atoms with Crippen LogP contribution in [0, 0.1) is 19.8 Å². The number of carbonyl (C=O) groups excluding carboxylic acids is 2. The molecule has 0 saturated carbocycles. The molecule has 1 N–H and O–H groups in total. The van der Waals surface area contributed by atoms with Crippen LogP contribution in [0.4, 0.5) is 0 Å². The maximum atomic E-state index is 13.6. The van der Waals surface area contributed by atoms with Gasteiger partial charge in [-0.2, -0.15) is 0 Å². The lowest BCUT2D eigenvalue weighted by Gasteiger charge is -2.43. The Morgan fingerprint density at radius 2 is 1.86 bits per heavy atom. The molecule has 0 bridgehead atoms. The predicted molar refractivity (Wildman–Crippen MR) is 138 cm³/mol. The normalized spacial score (nSPS) is 20.7. The highest BCUT2D eigenvalue weighted by Crippen LogP contribution is 2.36. The van der Waals surface area contributed by atoms with Crippen LogP contribution in [0.1, 0.15) is 59.3 Å². The minimum Gasteiger partial charge on any atom is -0.454 e. The number of nitrogens with zero attached hydrogens (tertiary/aromatic N) is 2. The molecule has 7 nitrogen and oxygen atoms in total. The van der Waals surface area contributed by atoms with Gasteiger partial charge in [-0.3, -0.25) is 9.59 Å². The van der Waals surface area contributed by atoms with Gasteiger partial charge in [0.15, 0.2) is 11.5 Å². The number of hydrogen-bond donors (Lipinski definition) is 1. The third-order valence-electron chi connectivity index (χ3n) is 7.91. The third-order valence-corrected chi connectivity index (χ3v) is 7.91. The van der Waals surface area contributed by atoms with Crippen molar-refractivity contribution in [3.63, 3.8) is 0 Å². The first-order chi connectivity index (χ1) is 17.2. The van der Waals surface area contributed by atoms with E-state index >= 15 is 0 Å². The Balaban J connectivity index is 1.16. The molecule has 1 saturated heterocycles. The SMILES string of the molecule is Cc1cc2c(cc1C)C(C)(C)CN(C(=O)C1CCCN(CCNC(=O)c3ccc4c(c3)OCO4)C1)C2. The Morgan fingerprint density at radius 3 is 2.69 bits per heavy atom. The lowest BCUT2D eigenvalue weighted by Crippen LogP contribution is -2.50. The van der Waals surface area contributed by atoms with Gasteiger partial charge in [-0.25, -0.2) is 0 Å². The highest BCUT2D eigenvalue weighted by molar-refractivity contribution is 5.94. The predicted octanol–water partition coefficient (Wildman–Crippen LogP) is 3.79. The van der Waals surface area contributed by atoms with Crippen molar-refractivity contribution in [3.05, 3.63) is 58.1 Å². The van der Waals surface area contributed by atoms with Crippen LogP contribution in [0.15, 0.2) is 30.3 Å². The second kappa shape index (κ2) is 9.77. The summed E-state index contributed by atoms with van der Waals surface area (Å²) in [5.74, 6) is 1.42. The van der Waals surface area contributed by atoms with Crippen LogP contribution in [0.2, 0.25) is 0 Å². The van der Waals surface area contributed by atoms with Gasteiger partial charge in [-0.05, 0) is 73.7 Å². The first-order valence-electron chi connectivity index (χ1n) is 13.0. The van der Waals surface area contributed by atoms with E-state index < -0.39 is 0 Å². The van der Waals surface area contributed by atoms with Gasteiger partial charge in [0.1, 0.15) is 0 Å². The molecule has 7 heteroatoms. The van der Waals surface area contributed by atoms with Gasteiger partial charge in [0.25, 0.3) is 5.91 Å². The smallest absolute Gasteiger partial charge is 0.251 e. The monoisotopic (exact) mass is 491 g/mol. The van der Waals surface area contributed by atoms with Crippen molar-refractivity contribution >= 4 is 11.8 Å². The molecule has 0 radical (unpaired) electrons. The van der Waals surface area contributed by atoms with E-state index in [1.165, 1.54) is 22.3 Å². The number of likely N-dealkylation sites (tertiary alicyclic amines) is 1. The number of hydrogen-bond acceptors (Lipinski definition) is 5. The molecule has 0 spiro atoms. The van der Waals surface area contributed by atoms with Crippen molar-refractivity contribution in [2.24, 2.45) is 5.92 Å². The minimum absolute atomic E-state index is 0.00667. The summed E-state index contributed by atoms with van der Waals surface area (Å²) in [5.41, 5.74) is 5.75. The Kier molecular flexibility index (Phi) is 6.68. The van der Waals surface area contributed by atoms with E-state index in [-0.39, 0.29) is 29.9 Å². The standard InChI is InChI=1S/C29H37N3O4/c1-19-12-23-16-32(17-29(3,4)24(23)13-20(19)2)28(34)22-6-5-10-31(15-22)11-9-30-27(33)21-7-8-25-26(14-21)36-18-35-25/h7-8,12-14,22H,5-6,9-11,15-18H2,1-4H3,(H,30,33). The van der Waals surface area contributed by atoms with E-state index in [0.29, 0.717) is 30.2 Å². The van der Waals surface area contributed by atoms with Gasteiger partial charge in [0.05, 0.1) is 5.92 Å². The van der Waals surface area contributed by atoms with E-state index in [9.17, 15) is 9.59 Å². The molecule has 1 fully saturated rings. The number of piperidine rings is 1. The van der Waals surface area contributed by atoms with Crippen molar-refractivity contribution in [2.45, 2.75) is 52.5 Å². The molecular formula is C29H37N3O4. The summed E-state index contributed by atoms with van der Waals surface area (Å²) in [4.78, 5) is 30.6. The summed E-state index contributed by atoms with van der Waals surface area (Å²) in [7, 11) is 0. The Hall–Kier alpha value is -3.06. The van der Waals surface area contributed by atoms with Crippen molar-refractivity contribution < 1.29 is 19.1 Å². The zero-order valence-corrected chi connectivity index (χ0v) is 21.9. The number of nitrogens with one attached hydrogen (secondary N) is 1. The lowest BCUT2D eigenvalue weighted by atomic mass is 9.76. The van der Waals surface area contributed by atoms with Crippen molar-refractivity contribution in [2.75, 3.05) is 39.5 Å². The second-order valence-electron chi connectivity index (χ2n) is 11.1. The van der Waals surface area contributed by atoms with Crippen LogP contribution in [-0.4, -0.2) is 61.1 Å². The number of benzene rings is 2. The Bertz CT molecular complexity index is 1180. The lowest BCUT2D eigenvalue weighted by molar-refractivity contribution is -0.139. The van der Waals surface area contributed by atoms with Crippen LogP contribution in [0.25, 0.3) is 0 Å². The Morgan fingerprint density at radius 1 is 1.08 bits per heavy atom. The average molecular weight is 492 g/mol. The molecule has 2 aromatic carbocycles. The van der Waals surface area contributed by atoms with Crippen LogP contribution >= 0.6 is 0 Å². The first-order valence-corrected chi connectivity index (χ1v) is 13.0. The molecule has 0 aromatic heterocycles. The third kappa shape index (κ3) is 4.94. The van der Waals surface area contributed by atoms with E-state index in [2.05, 4.69) is 54.9 Å². The van der Waals surface area contributed by atoms with Crippen molar-refractivity contribution in [3.8, 4) is 11.5 Å². The molecule has 3 aliphatic heterocycles. The highest BCUT2D eigenvalue weighted by atomic mass is 16.7. The number of aryl methyl sites for hydroxylation is 2. The van der Waals surface area contributed by atoms with Crippen LogP contribution in [0.3, 0.4) is 0 Å². The maximum Gasteiger partial charge on any atom is 0.251 e.